The topological polar surface area (TPSA) is 45.7 Å². The fourth-order valence-electron chi connectivity index (χ4n) is 3.44. The number of anilines is 1. The zero-order valence-corrected chi connectivity index (χ0v) is 13.1. The molecular weight excluding hydrogens is 309 g/mol. The second kappa shape index (κ2) is 6.20. The Morgan fingerprint density at radius 1 is 1.25 bits per heavy atom. The van der Waals surface area contributed by atoms with Gasteiger partial charge in [0.1, 0.15) is 12.4 Å². The Morgan fingerprint density at radius 2 is 2.17 bits per heavy atom. The first-order valence-electron chi connectivity index (χ1n) is 8.01. The number of carbonyl (C=O) groups excluding carboxylic acids is 1. The summed E-state index contributed by atoms with van der Waals surface area (Å²) in [5.74, 6) is -0.271. The molecule has 2 saturated heterocycles. The van der Waals surface area contributed by atoms with Crippen LogP contribution in [0.4, 0.5) is 10.1 Å². The quantitative estimate of drug-likeness (QED) is 0.863. The summed E-state index contributed by atoms with van der Waals surface area (Å²) in [5, 5.41) is 0. The van der Waals surface area contributed by atoms with Crippen LogP contribution in [0.25, 0.3) is 0 Å². The van der Waals surface area contributed by atoms with E-state index >= 15 is 0 Å². The molecule has 2 aliphatic heterocycles. The van der Waals surface area contributed by atoms with E-state index in [1.54, 1.807) is 18.5 Å². The van der Waals surface area contributed by atoms with Gasteiger partial charge in [0, 0.05) is 37.7 Å². The molecule has 2 aliphatic rings. The lowest BCUT2D eigenvalue weighted by molar-refractivity contribution is -0.153. The largest absolute Gasteiger partial charge is 0.367 e. The molecule has 6 heteroatoms. The number of halogens is 1. The fraction of sp³-hybridized carbons (Fsp3) is 0.333. The van der Waals surface area contributed by atoms with Crippen molar-refractivity contribution < 1.29 is 13.9 Å². The molecule has 0 saturated carbocycles. The number of amides is 1. The van der Waals surface area contributed by atoms with Gasteiger partial charge in [-0.3, -0.25) is 9.78 Å². The van der Waals surface area contributed by atoms with Gasteiger partial charge < -0.3 is 14.5 Å². The van der Waals surface area contributed by atoms with Crippen molar-refractivity contribution in [1.82, 2.24) is 9.88 Å². The molecule has 0 radical (unpaired) electrons. The predicted octanol–water partition coefficient (Wildman–Crippen LogP) is 1.84. The molecule has 0 spiro atoms. The minimum absolute atomic E-state index is 0.0128. The van der Waals surface area contributed by atoms with Crippen molar-refractivity contribution in [2.24, 2.45) is 0 Å². The van der Waals surface area contributed by atoms with Crippen LogP contribution in [0.2, 0.25) is 0 Å². The summed E-state index contributed by atoms with van der Waals surface area (Å²) < 4.78 is 19.2. The van der Waals surface area contributed by atoms with E-state index in [4.69, 9.17) is 4.74 Å². The van der Waals surface area contributed by atoms with Crippen molar-refractivity contribution in [2.45, 2.75) is 18.7 Å². The molecule has 2 fully saturated rings. The van der Waals surface area contributed by atoms with Gasteiger partial charge in [-0.15, -0.1) is 0 Å². The van der Waals surface area contributed by atoms with E-state index in [-0.39, 0.29) is 30.5 Å². The van der Waals surface area contributed by atoms with Gasteiger partial charge in [0.15, 0.2) is 0 Å². The average Bonchev–Trinajstić information content (AvgIpc) is 3.03. The van der Waals surface area contributed by atoms with E-state index < -0.39 is 0 Å². The average molecular weight is 327 g/mol. The Hall–Kier alpha value is -2.47. The predicted molar refractivity (Wildman–Crippen MR) is 86.9 cm³/mol. The van der Waals surface area contributed by atoms with Gasteiger partial charge >= 0.3 is 0 Å². The third-order valence-corrected chi connectivity index (χ3v) is 4.63. The van der Waals surface area contributed by atoms with Crippen LogP contribution in [-0.2, 0) is 16.1 Å². The number of morpholine rings is 1. The Balaban J connectivity index is 1.55. The van der Waals surface area contributed by atoms with Gasteiger partial charge in [-0.05, 0) is 29.8 Å². The van der Waals surface area contributed by atoms with E-state index in [0.717, 1.165) is 11.3 Å². The van der Waals surface area contributed by atoms with Crippen molar-refractivity contribution in [2.75, 3.05) is 24.6 Å². The lowest BCUT2D eigenvalue weighted by Crippen LogP contribution is -2.53. The molecule has 5 nitrogen and oxygen atoms in total. The Labute approximate surface area is 139 Å². The molecule has 124 valence electrons. The number of hydrogen-bond acceptors (Lipinski definition) is 4. The van der Waals surface area contributed by atoms with Gasteiger partial charge in [0.25, 0.3) is 0 Å². The van der Waals surface area contributed by atoms with Gasteiger partial charge in [0.05, 0.1) is 12.1 Å². The smallest absolute Gasteiger partial charge is 0.249 e. The van der Waals surface area contributed by atoms with Crippen LogP contribution in [0.15, 0.2) is 48.8 Å². The molecule has 0 bridgehead atoms. The van der Waals surface area contributed by atoms with E-state index in [2.05, 4.69) is 9.88 Å². The molecule has 1 amide bonds. The van der Waals surface area contributed by atoms with Crippen molar-refractivity contribution in [1.29, 1.82) is 0 Å². The number of fused-ring (bicyclic) bond motifs is 1. The Kier molecular flexibility index (Phi) is 3.90. The first-order chi connectivity index (χ1) is 11.7. The lowest BCUT2D eigenvalue weighted by Gasteiger charge is -2.36. The third kappa shape index (κ3) is 2.85. The Morgan fingerprint density at radius 3 is 2.96 bits per heavy atom. The molecule has 4 rings (SSSR count). The molecule has 0 N–H and O–H groups in total. The van der Waals surface area contributed by atoms with E-state index in [9.17, 15) is 9.18 Å². The maximum Gasteiger partial charge on any atom is 0.249 e. The highest BCUT2D eigenvalue weighted by Crippen LogP contribution is 2.29. The second-order valence-corrected chi connectivity index (χ2v) is 6.18. The van der Waals surface area contributed by atoms with Gasteiger partial charge in [-0.2, -0.15) is 0 Å². The number of aromatic nitrogens is 1. The summed E-state index contributed by atoms with van der Waals surface area (Å²) in [6.07, 6.45) is 3.44. The summed E-state index contributed by atoms with van der Waals surface area (Å²) >= 11 is 0. The summed E-state index contributed by atoms with van der Waals surface area (Å²) in [4.78, 5) is 20.4. The van der Waals surface area contributed by atoms with E-state index in [1.165, 1.54) is 12.1 Å². The zero-order valence-electron chi connectivity index (χ0n) is 13.1. The molecule has 0 aliphatic carbocycles. The summed E-state index contributed by atoms with van der Waals surface area (Å²) in [6, 6.07) is 10.3. The minimum atomic E-state index is -0.258. The highest BCUT2D eigenvalue weighted by Gasteiger charge is 2.43. The van der Waals surface area contributed by atoms with Crippen LogP contribution in [-0.4, -0.2) is 47.6 Å². The van der Waals surface area contributed by atoms with E-state index in [0.29, 0.717) is 19.6 Å². The molecular formula is C18H18FN3O2. The molecule has 2 atom stereocenters. The Bertz CT molecular complexity index is 740. The van der Waals surface area contributed by atoms with E-state index in [1.807, 2.05) is 23.1 Å². The number of rotatable bonds is 3. The third-order valence-electron chi connectivity index (χ3n) is 4.63. The van der Waals surface area contributed by atoms with Crippen molar-refractivity contribution in [3.05, 3.63) is 60.2 Å². The van der Waals surface area contributed by atoms with Gasteiger partial charge in [0.2, 0.25) is 5.91 Å². The molecule has 1 aromatic carbocycles. The first kappa shape index (κ1) is 15.1. The molecule has 2 aromatic rings. The van der Waals surface area contributed by atoms with Crippen LogP contribution in [0, 0.1) is 5.82 Å². The number of pyridine rings is 1. The number of carbonyl (C=O) groups is 1. The lowest BCUT2D eigenvalue weighted by atomic mass is 10.1. The monoisotopic (exact) mass is 327 g/mol. The van der Waals surface area contributed by atoms with Crippen molar-refractivity contribution in [3.63, 3.8) is 0 Å². The SMILES string of the molecule is O=C1CO[C@@H]2CN(c3cccc(F)c3)C[C@H]2N1Cc1cccnc1. The molecule has 0 unspecified atom stereocenters. The first-order valence-corrected chi connectivity index (χ1v) is 8.01. The summed E-state index contributed by atoms with van der Waals surface area (Å²) in [6.45, 7) is 1.91. The number of ether oxygens (including phenoxy) is 1. The maximum absolute atomic E-state index is 13.5. The highest BCUT2D eigenvalue weighted by atomic mass is 19.1. The zero-order chi connectivity index (χ0) is 16.5. The minimum Gasteiger partial charge on any atom is -0.367 e. The van der Waals surface area contributed by atoms with Crippen molar-refractivity contribution in [3.8, 4) is 0 Å². The normalized spacial score (nSPS) is 23.5. The standard InChI is InChI=1S/C18H18FN3O2/c19-14-4-1-5-15(7-14)21-10-16-17(11-21)24-12-18(23)22(16)9-13-3-2-6-20-8-13/h1-8,16-17H,9-12H2/t16-,17-/m1/s1. The number of benzene rings is 1. The highest BCUT2D eigenvalue weighted by molar-refractivity contribution is 5.79. The second-order valence-electron chi connectivity index (χ2n) is 6.18. The molecule has 1 aromatic heterocycles. The maximum atomic E-state index is 13.5. The molecule has 24 heavy (non-hydrogen) atoms. The van der Waals surface area contributed by atoms with Crippen LogP contribution in [0.1, 0.15) is 5.56 Å². The number of hydrogen-bond donors (Lipinski definition) is 0. The fourth-order valence-corrected chi connectivity index (χ4v) is 3.44. The van der Waals surface area contributed by atoms with Gasteiger partial charge in [-0.25, -0.2) is 4.39 Å². The van der Waals surface area contributed by atoms with Crippen LogP contribution < -0.4 is 4.90 Å². The summed E-state index contributed by atoms with van der Waals surface area (Å²) in [5.41, 5.74) is 1.82. The number of nitrogens with zero attached hydrogens (tertiary/aromatic N) is 3. The van der Waals surface area contributed by atoms with Crippen LogP contribution in [0.3, 0.4) is 0 Å². The van der Waals surface area contributed by atoms with Crippen LogP contribution in [0.5, 0.6) is 0 Å². The molecule has 3 heterocycles. The summed E-state index contributed by atoms with van der Waals surface area (Å²) in [7, 11) is 0. The van der Waals surface area contributed by atoms with Crippen LogP contribution >= 0.6 is 0 Å². The van der Waals surface area contributed by atoms with Crippen molar-refractivity contribution >= 4 is 11.6 Å². The van der Waals surface area contributed by atoms with Gasteiger partial charge in [-0.1, -0.05) is 12.1 Å².